The van der Waals surface area contributed by atoms with E-state index in [4.69, 9.17) is 0 Å². The van der Waals surface area contributed by atoms with Crippen molar-refractivity contribution in [3.63, 3.8) is 0 Å². The molecule has 0 bridgehead atoms. The molecule has 0 spiro atoms. The molecule has 1 N–H and O–H groups in total. The summed E-state index contributed by atoms with van der Waals surface area (Å²) < 4.78 is 0. The number of carbonyl (C=O) groups excluding carboxylic acids is 2. The van der Waals surface area contributed by atoms with E-state index in [-0.39, 0.29) is 17.7 Å². The van der Waals surface area contributed by atoms with E-state index in [1.54, 1.807) is 9.80 Å². The molecule has 1 aromatic rings. The molecule has 0 unspecified atom stereocenters. The van der Waals surface area contributed by atoms with Gasteiger partial charge in [-0.1, -0.05) is 18.2 Å². The van der Waals surface area contributed by atoms with Gasteiger partial charge in [0.2, 0.25) is 5.91 Å². The van der Waals surface area contributed by atoms with Crippen LogP contribution in [0, 0.1) is 5.92 Å². The number of rotatable bonds is 2. The third-order valence-corrected chi connectivity index (χ3v) is 5.00. The highest BCUT2D eigenvalue weighted by molar-refractivity contribution is 5.94. The molecule has 2 fully saturated rings. The van der Waals surface area contributed by atoms with E-state index in [0.29, 0.717) is 44.7 Å². The maximum absolute atomic E-state index is 12.7. The average molecular weight is 331 g/mol. The maximum Gasteiger partial charge on any atom is 0.253 e. The van der Waals surface area contributed by atoms with Crippen molar-refractivity contribution in [2.75, 3.05) is 46.3 Å². The number of piperazine rings is 1. The lowest BCUT2D eigenvalue weighted by atomic mass is 9.93. The second-order valence-electron chi connectivity index (χ2n) is 6.71. The van der Waals surface area contributed by atoms with Crippen molar-refractivity contribution in [3.05, 3.63) is 35.9 Å². The van der Waals surface area contributed by atoms with E-state index in [1.807, 2.05) is 37.4 Å². The number of benzene rings is 1. The van der Waals surface area contributed by atoms with Crippen LogP contribution in [0.15, 0.2) is 30.3 Å². The van der Waals surface area contributed by atoms with Crippen LogP contribution in [-0.4, -0.2) is 84.0 Å². The molecule has 0 aliphatic carbocycles. The van der Waals surface area contributed by atoms with Gasteiger partial charge in [0, 0.05) is 44.8 Å². The Morgan fingerprint density at radius 2 is 1.62 bits per heavy atom. The normalized spacial score (nSPS) is 25.6. The molecule has 0 saturated carbocycles. The fourth-order valence-electron chi connectivity index (χ4n) is 3.47. The molecule has 1 aromatic carbocycles. The molecule has 130 valence electrons. The molecule has 6 nitrogen and oxygen atoms in total. The van der Waals surface area contributed by atoms with Crippen LogP contribution in [-0.2, 0) is 4.79 Å². The van der Waals surface area contributed by atoms with Gasteiger partial charge in [0.05, 0.1) is 12.0 Å². The van der Waals surface area contributed by atoms with Gasteiger partial charge in [-0.25, -0.2) is 0 Å². The molecule has 2 aliphatic rings. The first kappa shape index (κ1) is 16.9. The number of piperidine rings is 1. The van der Waals surface area contributed by atoms with E-state index in [0.717, 1.165) is 6.54 Å². The van der Waals surface area contributed by atoms with Crippen LogP contribution in [0.1, 0.15) is 16.8 Å². The van der Waals surface area contributed by atoms with Gasteiger partial charge in [0.1, 0.15) is 0 Å². The second-order valence-corrected chi connectivity index (χ2v) is 6.71. The van der Waals surface area contributed by atoms with Gasteiger partial charge < -0.3 is 19.8 Å². The smallest absolute Gasteiger partial charge is 0.253 e. The summed E-state index contributed by atoms with van der Waals surface area (Å²) in [7, 11) is 1.97. The average Bonchev–Trinajstić information content (AvgIpc) is 2.63. The van der Waals surface area contributed by atoms with Crippen molar-refractivity contribution >= 4 is 11.8 Å². The molecule has 0 radical (unpaired) electrons. The lowest BCUT2D eigenvalue weighted by Gasteiger charge is -2.39. The molecule has 2 aliphatic heterocycles. The Bertz CT molecular complexity index is 584. The van der Waals surface area contributed by atoms with Crippen LogP contribution in [0.5, 0.6) is 0 Å². The number of aliphatic hydroxyl groups excluding tert-OH is 1. The standard InChI is InChI=1S/C18H25N3O3/c1-19-8-7-16(22)15(13-19)18(24)21-11-9-20(10-12-21)17(23)14-5-3-2-4-6-14/h2-6,15-16,22H,7-13H2,1H3/t15-,16-/m1/s1. The number of carbonyl (C=O) groups is 2. The van der Waals surface area contributed by atoms with E-state index in [1.165, 1.54) is 0 Å². The van der Waals surface area contributed by atoms with Crippen LogP contribution >= 0.6 is 0 Å². The van der Waals surface area contributed by atoms with Gasteiger partial charge >= 0.3 is 0 Å². The van der Waals surface area contributed by atoms with Gasteiger partial charge in [0.25, 0.3) is 5.91 Å². The van der Waals surface area contributed by atoms with Crippen LogP contribution in [0.25, 0.3) is 0 Å². The molecule has 2 amide bonds. The summed E-state index contributed by atoms with van der Waals surface area (Å²) >= 11 is 0. The van der Waals surface area contributed by atoms with E-state index in [9.17, 15) is 14.7 Å². The fourth-order valence-corrected chi connectivity index (χ4v) is 3.47. The number of hydrogen-bond donors (Lipinski definition) is 1. The van der Waals surface area contributed by atoms with Crippen LogP contribution in [0.4, 0.5) is 0 Å². The molecule has 2 saturated heterocycles. The second kappa shape index (κ2) is 7.32. The lowest BCUT2D eigenvalue weighted by molar-refractivity contribution is -0.143. The number of likely N-dealkylation sites (tertiary alicyclic amines) is 1. The largest absolute Gasteiger partial charge is 0.392 e. The minimum Gasteiger partial charge on any atom is -0.392 e. The van der Waals surface area contributed by atoms with Crippen LogP contribution in [0.3, 0.4) is 0 Å². The lowest BCUT2D eigenvalue weighted by Crippen LogP contribution is -2.55. The van der Waals surface area contributed by atoms with Crippen molar-refractivity contribution in [2.45, 2.75) is 12.5 Å². The first-order chi connectivity index (χ1) is 11.6. The van der Waals surface area contributed by atoms with Gasteiger partial charge in [-0.15, -0.1) is 0 Å². The van der Waals surface area contributed by atoms with Gasteiger partial charge in [-0.05, 0) is 25.6 Å². The minimum absolute atomic E-state index is 0.0140. The highest BCUT2D eigenvalue weighted by Gasteiger charge is 2.36. The predicted molar refractivity (Wildman–Crippen MR) is 90.5 cm³/mol. The number of nitrogens with zero attached hydrogens (tertiary/aromatic N) is 3. The zero-order chi connectivity index (χ0) is 17.1. The van der Waals surface area contributed by atoms with E-state index >= 15 is 0 Å². The van der Waals surface area contributed by atoms with E-state index < -0.39 is 6.10 Å². The number of amides is 2. The molecular weight excluding hydrogens is 306 g/mol. The summed E-state index contributed by atoms with van der Waals surface area (Å²) in [6.45, 7) is 3.57. The van der Waals surface area contributed by atoms with Crippen molar-refractivity contribution < 1.29 is 14.7 Å². The van der Waals surface area contributed by atoms with Gasteiger partial charge in [-0.3, -0.25) is 9.59 Å². The summed E-state index contributed by atoms with van der Waals surface area (Å²) in [6, 6.07) is 9.23. The Balaban J connectivity index is 1.57. The third-order valence-electron chi connectivity index (χ3n) is 5.00. The van der Waals surface area contributed by atoms with Crippen molar-refractivity contribution in [2.24, 2.45) is 5.92 Å². The van der Waals surface area contributed by atoms with Crippen LogP contribution in [0.2, 0.25) is 0 Å². The Hall–Kier alpha value is -1.92. The molecule has 3 rings (SSSR count). The monoisotopic (exact) mass is 331 g/mol. The SMILES string of the molecule is CN1CC[C@@H](O)[C@H](C(=O)N2CCN(C(=O)c3ccccc3)CC2)C1. The van der Waals surface area contributed by atoms with Crippen molar-refractivity contribution in [1.29, 1.82) is 0 Å². The molecular formula is C18H25N3O3. The zero-order valence-corrected chi connectivity index (χ0v) is 14.1. The third kappa shape index (κ3) is 3.60. The van der Waals surface area contributed by atoms with Crippen molar-refractivity contribution in [1.82, 2.24) is 14.7 Å². The Kier molecular flexibility index (Phi) is 5.16. The summed E-state index contributed by atoms with van der Waals surface area (Å²) in [5.74, 6) is -0.318. The van der Waals surface area contributed by atoms with Gasteiger partial charge in [0.15, 0.2) is 0 Å². The zero-order valence-electron chi connectivity index (χ0n) is 14.1. The summed E-state index contributed by atoms with van der Waals surface area (Å²) in [6.07, 6.45) is 0.0806. The van der Waals surface area contributed by atoms with E-state index in [2.05, 4.69) is 4.90 Å². The molecule has 2 atom stereocenters. The molecule has 2 heterocycles. The molecule has 24 heavy (non-hydrogen) atoms. The Morgan fingerprint density at radius 3 is 2.29 bits per heavy atom. The highest BCUT2D eigenvalue weighted by Crippen LogP contribution is 2.20. The molecule has 6 heteroatoms. The summed E-state index contributed by atoms with van der Waals surface area (Å²) in [5.41, 5.74) is 0.682. The fraction of sp³-hybridized carbons (Fsp3) is 0.556. The quantitative estimate of drug-likeness (QED) is 0.846. The minimum atomic E-state index is -0.558. The van der Waals surface area contributed by atoms with Gasteiger partial charge in [-0.2, -0.15) is 0 Å². The highest BCUT2D eigenvalue weighted by atomic mass is 16.3. The first-order valence-corrected chi connectivity index (χ1v) is 8.56. The summed E-state index contributed by atoms with van der Waals surface area (Å²) in [4.78, 5) is 30.8. The number of aliphatic hydroxyl groups is 1. The first-order valence-electron chi connectivity index (χ1n) is 8.56. The van der Waals surface area contributed by atoms with Crippen molar-refractivity contribution in [3.8, 4) is 0 Å². The van der Waals surface area contributed by atoms with Crippen LogP contribution < -0.4 is 0 Å². The maximum atomic E-state index is 12.7. The summed E-state index contributed by atoms with van der Waals surface area (Å²) in [5, 5.41) is 10.1. The molecule has 0 aromatic heterocycles. The topological polar surface area (TPSA) is 64.1 Å². The predicted octanol–water partition coefficient (Wildman–Crippen LogP) is 0.284. The Labute approximate surface area is 142 Å². The number of hydrogen-bond acceptors (Lipinski definition) is 4. The Morgan fingerprint density at radius 1 is 1.00 bits per heavy atom.